The van der Waals surface area contributed by atoms with Crippen LogP contribution in [0.25, 0.3) is 0 Å². The monoisotopic (exact) mass is 260 g/mol. The van der Waals surface area contributed by atoms with Crippen LogP contribution < -0.4 is 5.56 Å². The molecule has 1 heterocycles. The Bertz CT molecular complexity index is 691. The summed E-state index contributed by atoms with van der Waals surface area (Å²) in [6.07, 6.45) is 0.213. The average molecular weight is 260 g/mol. The summed E-state index contributed by atoms with van der Waals surface area (Å²) in [5.41, 5.74) is 1.29. The number of nitrogens with zero attached hydrogens (tertiary/aromatic N) is 1. The lowest BCUT2D eigenvalue weighted by molar-refractivity contribution is 0.0696. The number of aromatic hydroxyl groups is 1. The Kier molecular flexibility index (Phi) is 3.33. The van der Waals surface area contributed by atoms with Crippen LogP contribution >= 0.6 is 0 Å². The van der Waals surface area contributed by atoms with Crippen molar-refractivity contribution >= 4 is 5.97 Å². The normalized spacial score (nSPS) is 10.4. The largest absolute Gasteiger partial charge is 0.508 e. The summed E-state index contributed by atoms with van der Waals surface area (Å²) in [5, 5.41) is 24.7. The molecule has 0 atom stereocenters. The number of hydrogen-bond donors (Lipinski definition) is 3. The van der Waals surface area contributed by atoms with Crippen LogP contribution in [0.2, 0.25) is 0 Å². The number of carboxylic acids is 1. The molecule has 1 aromatic heterocycles. The number of rotatable bonds is 3. The van der Waals surface area contributed by atoms with Crippen molar-refractivity contribution in [1.29, 1.82) is 0 Å². The van der Waals surface area contributed by atoms with Crippen LogP contribution in [0.3, 0.4) is 0 Å². The van der Waals surface area contributed by atoms with E-state index in [4.69, 9.17) is 5.11 Å². The first-order chi connectivity index (χ1) is 8.97. The molecular weight excluding hydrogens is 248 g/mol. The number of aromatic carboxylic acids is 1. The molecule has 0 aliphatic rings. The molecule has 0 saturated heterocycles. The SMILES string of the molecule is Cc1cc(Cc2ccc(C(=O)O)cc2O)c(=O)[nH]n1. The molecule has 0 radical (unpaired) electrons. The standard InChI is InChI=1S/C13H12N2O4/c1-7-4-10(12(17)15-14-7)5-8-2-3-9(13(18)19)6-11(8)16/h2-4,6,16H,5H2,1H3,(H,15,17)(H,18,19). The number of H-pyrrole nitrogens is 1. The lowest BCUT2D eigenvalue weighted by atomic mass is 10.0. The van der Waals surface area contributed by atoms with E-state index >= 15 is 0 Å². The van der Waals surface area contributed by atoms with Gasteiger partial charge >= 0.3 is 5.97 Å². The zero-order valence-corrected chi connectivity index (χ0v) is 10.2. The van der Waals surface area contributed by atoms with Crippen molar-refractivity contribution in [2.45, 2.75) is 13.3 Å². The van der Waals surface area contributed by atoms with E-state index in [2.05, 4.69) is 10.2 Å². The van der Waals surface area contributed by atoms with Crippen LogP contribution in [0.4, 0.5) is 0 Å². The first-order valence-corrected chi connectivity index (χ1v) is 5.58. The molecule has 98 valence electrons. The number of benzene rings is 1. The second-order valence-electron chi connectivity index (χ2n) is 4.19. The number of hydrogen-bond acceptors (Lipinski definition) is 4. The molecule has 0 bridgehead atoms. The van der Waals surface area contributed by atoms with Crippen molar-refractivity contribution in [2.75, 3.05) is 0 Å². The molecular formula is C13H12N2O4. The fourth-order valence-corrected chi connectivity index (χ4v) is 1.74. The maximum absolute atomic E-state index is 11.6. The topological polar surface area (TPSA) is 103 Å². The predicted molar refractivity (Wildman–Crippen MR) is 67.5 cm³/mol. The molecule has 3 N–H and O–H groups in total. The van der Waals surface area contributed by atoms with Gasteiger partial charge in [-0.1, -0.05) is 6.07 Å². The third-order valence-corrected chi connectivity index (χ3v) is 2.72. The molecule has 0 amide bonds. The van der Waals surface area contributed by atoms with Gasteiger partial charge < -0.3 is 10.2 Å². The number of aryl methyl sites for hydroxylation is 1. The van der Waals surface area contributed by atoms with E-state index in [1.807, 2.05) is 0 Å². The van der Waals surface area contributed by atoms with Gasteiger partial charge in [-0.2, -0.15) is 5.10 Å². The van der Waals surface area contributed by atoms with Crippen LogP contribution in [0, 0.1) is 6.92 Å². The summed E-state index contributed by atoms with van der Waals surface area (Å²) in [6, 6.07) is 5.68. The number of aromatic amines is 1. The van der Waals surface area contributed by atoms with Gasteiger partial charge in [-0.15, -0.1) is 0 Å². The van der Waals surface area contributed by atoms with E-state index in [1.165, 1.54) is 18.2 Å². The molecule has 0 saturated carbocycles. The molecule has 2 rings (SSSR count). The highest BCUT2D eigenvalue weighted by Gasteiger charge is 2.10. The second kappa shape index (κ2) is 4.93. The van der Waals surface area contributed by atoms with Crippen molar-refractivity contribution in [2.24, 2.45) is 0 Å². The van der Waals surface area contributed by atoms with Crippen LogP contribution in [0.15, 0.2) is 29.1 Å². The van der Waals surface area contributed by atoms with Crippen molar-refractivity contribution in [3.05, 3.63) is 57.0 Å². The van der Waals surface area contributed by atoms with Crippen LogP contribution in [-0.4, -0.2) is 26.4 Å². The van der Waals surface area contributed by atoms with Crippen molar-refractivity contribution in [3.63, 3.8) is 0 Å². The predicted octanol–water partition coefficient (Wildman–Crippen LogP) is 1.07. The molecule has 0 spiro atoms. The Labute approximate surface area is 108 Å². The molecule has 0 unspecified atom stereocenters. The smallest absolute Gasteiger partial charge is 0.335 e. The van der Waals surface area contributed by atoms with E-state index in [1.54, 1.807) is 13.0 Å². The summed E-state index contributed by atoms with van der Waals surface area (Å²) in [7, 11) is 0. The fourth-order valence-electron chi connectivity index (χ4n) is 1.74. The van der Waals surface area contributed by atoms with E-state index in [0.29, 0.717) is 16.8 Å². The number of carboxylic acid groups (broad SMARTS) is 1. The third kappa shape index (κ3) is 2.79. The molecule has 0 aliphatic heterocycles. The molecule has 0 fully saturated rings. The zero-order valence-electron chi connectivity index (χ0n) is 10.2. The van der Waals surface area contributed by atoms with Crippen molar-refractivity contribution in [1.82, 2.24) is 10.2 Å². The number of phenolic OH excluding ortho intramolecular Hbond substituents is 1. The highest BCUT2D eigenvalue weighted by atomic mass is 16.4. The second-order valence-corrected chi connectivity index (χ2v) is 4.19. The Morgan fingerprint density at radius 3 is 2.68 bits per heavy atom. The van der Waals surface area contributed by atoms with Crippen molar-refractivity contribution < 1.29 is 15.0 Å². The van der Waals surface area contributed by atoms with Gasteiger partial charge in [0.2, 0.25) is 0 Å². The molecule has 0 aliphatic carbocycles. The number of phenols is 1. The van der Waals surface area contributed by atoms with Gasteiger partial charge in [0.05, 0.1) is 11.3 Å². The minimum atomic E-state index is -1.11. The van der Waals surface area contributed by atoms with Gasteiger partial charge in [0.1, 0.15) is 5.75 Å². The number of nitrogens with one attached hydrogen (secondary N) is 1. The van der Waals surface area contributed by atoms with Gasteiger partial charge in [0, 0.05) is 12.0 Å². The van der Waals surface area contributed by atoms with E-state index in [0.717, 1.165) is 0 Å². The van der Waals surface area contributed by atoms with Crippen LogP contribution in [0.1, 0.15) is 27.2 Å². The fraction of sp³-hybridized carbons (Fsp3) is 0.154. The Morgan fingerprint density at radius 1 is 1.32 bits per heavy atom. The van der Waals surface area contributed by atoms with Crippen LogP contribution in [-0.2, 0) is 6.42 Å². The summed E-state index contributed by atoms with van der Waals surface area (Å²) in [4.78, 5) is 22.3. The molecule has 6 heteroatoms. The van der Waals surface area contributed by atoms with E-state index in [-0.39, 0.29) is 23.3 Å². The Morgan fingerprint density at radius 2 is 2.05 bits per heavy atom. The Balaban J connectivity index is 2.36. The molecule has 6 nitrogen and oxygen atoms in total. The third-order valence-electron chi connectivity index (χ3n) is 2.72. The van der Waals surface area contributed by atoms with Crippen molar-refractivity contribution in [3.8, 4) is 5.75 Å². The van der Waals surface area contributed by atoms with E-state index < -0.39 is 5.97 Å². The summed E-state index contributed by atoms with van der Waals surface area (Å²) < 4.78 is 0. The highest BCUT2D eigenvalue weighted by molar-refractivity contribution is 5.88. The minimum Gasteiger partial charge on any atom is -0.508 e. The van der Waals surface area contributed by atoms with Crippen LogP contribution in [0.5, 0.6) is 5.75 Å². The molecule has 19 heavy (non-hydrogen) atoms. The number of aromatic nitrogens is 2. The van der Waals surface area contributed by atoms with Gasteiger partial charge in [-0.25, -0.2) is 9.89 Å². The first-order valence-electron chi connectivity index (χ1n) is 5.58. The maximum atomic E-state index is 11.6. The van der Waals surface area contributed by atoms with Gasteiger partial charge in [-0.05, 0) is 30.7 Å². The van der Waals surface area contributed by atoms with Gasteiger partial charge in [0.15, 0.2) is 0 Å². The zero-order chi connectivity index (χ0) is 14.0. The maximum Gasteiger partial charge on any atom is 0.335 e. The van der Waals surface area contributed by atoms with E-state index in [9.17, 15) is 14.7 Å². The lowest BCUT2D eigenvalue weighted by Crippen LogP contribution is -2.15. The summed E-state index contributed by atoms with van der Waals surface area (Å²) >= 11 is 0. The average Bonchev–Trinajstić information content (AvgIpc) is 2.36. The number of carbonyl (C=O) groups is 1. The highest BCUT2D eigenvalue weighted by Crippen LogP contribution is 2.21. The van der Waals surface area contributed by atoms with Gasteiger partial charge in [-0.3, -0.25) is 4.79 Å². The Hall–Kier alpha value is -2.63. The quantitative estimate of drug-likeness (QED) is 0.766. The van der Waals surface area contributed by atoms with Gasteiger partial charge in [0.25, 0.3) is 5.56 Å². The molecule has 2 aromatic rings. The summed E-state index contributed by atoms with van der Waals surface area (Å²) in [5.74, 6) is -1.26. The lowest BCUT2D eigenvalue weighted by Gasteiger charge is -2.05. The summed E-state index contributed by atoms with van der Waals surface area (Å²) in [6.45, 7) is 1.74. The first kappa shape index (κ1) is 12.8. The molecule has 1 aromatic carbocycles. The minimum absolute atomic E-state index is 0.000989.